The maximum atomic E-state index is 10.6. The predicted octanol–water partition coefficient (Wildman–Crippen LogP) is 3.18. The Morgan fingerprint density at radius 3 is 2.46 bits per heavy atom. The first kappa shape index (κ1) is 10.4. The summed E-state index contributed by atoms with van der Waals surface area (Å²) in [6, 6.07) is 4.83. The molecule has 0 saturated heterocycles. The number of hydrogen-bond donors (Lipinski definition) is 1. The zero-order valence-electron chi connectivity index (χ0n) is 6.92. The van der Waals surface area contributed by atoms with E-state index in [1.165, 1.54) is 0 Å². The molecule has 1 aromatic rings. The summed E-state index contributed by atoms with van der Waals surface area (Å²) >= 11 is 11.4. The van der Waals surface area contributed by atoms with Gasteiger partial charge in [0.1, 0.15) is 0 Å². The van der Waals surface area contributed by atoms with E-state index in [4.69, 9.17) is 28.3 Å². The highest BCUT2D eigenvalue weighted by Crippen LogP contribution is 2.26. The standard InChI is InChI=1S/C9H8Cl2O2/c1-5(9(12)13)6-2-3-7(10)8(11)4-6/h2-5H,1H3,(H,12,13)/t5-/m1/s1. The highest BCUT2D eigenvalue weighted by molar-refractivity contribution is 6.42. The van der Waals surface area contributed by atoms with Crippen LogP contribution >= 0.6 is 23.2 Å². The number of rotatable bonds is 2. The molecule has 70 valence electrons. The lowest BCUT2D eigenvalue weighted by molar-refractivity contribution is -0.138. The molecule has 13 heavy (non-hydrogen) atoms. The summed E-state index contributed by atoms with van der Waals surface area (Å²) in [5.74, 6) is -1.44. The lowest BCUT2D eigenvalue weighted by Crippen LogP contribution is -2.06. The number of carboxylic acid groups (broad SMARTS) is 1. The Balaban J connectivity index is 3.03. The molecule has 0 aromatic heterocycles. The first-order valence-corrected chi connectivity index (χ1v) is 4.45. The fraction of sp³-hybridized carbons (Fsp3) is 0.222. The van der Waals surface area contributed by atoms with Crippen LogP contribution in [0.15, 0.2) is 18.2 Å². The molecule has 0 aliphatic carbocycles. The third-order valence-corrected chi connectivity index (χ3v) is 2.55. The number of halogens is 2. The van der Waals surface area contributed by atoms with Crippen molar-refractivity contribution in [2.24, 2.45) is 0 Å². The molecule has 0 unspecified atom stereocenters. The van der Waals surface area contributed by atoms with Crippen LogP contribution in [0.1, 0.15) is 18.4 Å². The molecule has 2 nitrogen and oxygen atoms in total. The second kappa shape index (κ2) is 3.99. The minimum atomic E-state index is -0.876. The lowest BCUT2D eigenvalue weighted by atomic mass is 10.0. The van der Waals surface area contributed by atoms with Gasteiger partial charge in [-0.25, -0.2) is 0 Å². The molecule has 0 fully saturated rings. The molecule has 0 amide bonds. The van der Waals surface area contributed by atoms with Gasteiger partial charge < -0.3 is 5.11 Å². The predicted molar refractivity (Wildman–Crippen MR) is 52.5 cm³/mol. The molecule has 1 atom stereocenters. The number of benzene rings is 1. The molecule has 1 aromatic carbocycles. The van der Waals surface area contributed by atoms with Crippen molar-refractivity contribution in [1.82, 2.24) is 0 Å². The Kier molecular flexibility index (Phi) is 3.17. The Labute approximate surface area is 86.1 Å². The smallest absolute Gasteiger partial charge is 0.310 e. The average Bonchev–Trinajstić information content (AvgIpc) is 2.08. The van der Waals surface area contributed by atoms with Crippen molar-refractivity contribution in [1.29, 1.82) is 0 Å². The summed E-state index contributed by atoms with van der Waals surface area (Å²) < 4.78 is 0. The number of hydrogen-bond acceptors (Lipinski definition) is 1. The van der Waals surface area contributed by atoms with Gasteiger partial charge in [-0.3, -0.25) is 4.79 Å². The van der Waals surface area contributed by atoms with E-state index >= 15 is 0 Å². The molecule has 0 heterocycles. The molecule has 1 rings (SSSR count). The van der Waals surface area contributed by atoms with Crippen molar-refractivity contribution in [2.75, 3.05) is 0 Å². The lowest BCUT2D eigenvalue weighted by Gasteiger charge is -2.06. The zero-order valence-corrected chi connectivity index (χ0v) is 8.43. The van der Waals surface area contributed by atoms with Gasteiger partial charge in [0, 0.05) is 0 Å². The number of aliphatic carboxylic acids is 1. The largest absolute Gasteiger partial charge is 0.481 e. The topological polar surface area (TPSA) is 37.3 Å². The minimum absolute atomic E-state index is 0.382. The fourth-order valence-electron chi connectivity index (χ4n) is 0.924. The SMILES string of the molecule is C[C@@H](C(=O)O)c1ccc(Cl)c(Cl)c1. The van der Waals surface area contributed by atoms with Crippen molar-refractivity contribution >= 4 is 29.2 Å². The van der Waals surface area contributed by atoms with Crippen LogP contribution in [0.25, 0.3) is 0 Å². The Hall–Kier alpha value is -0.730. The van der Waals surface area contributed by atoms with E-state index in [0.29, 0.717) is 15.6 Å². The van der Waals surface area contributed by atoms with E-state index in [2.05, 4.69) is 0 Å². The maximum absolute atomic E-state index is 10.6. The first-order valence-electron chi connectivity index (χ1n) is 3.70. The molecule has 0 aliphatic rings. The van der Waals surface area contributed by atoms with Crippen molar-refractivity contribution in [3.05, 3.63) is 33.8 Å². The normalized spacial score (nSPS) is 12.5. The van der Waals surface area contributed by atoms with Gasteiger partial charge in [0.25, 0.3) is 0 Å². The second-order valence-electron chi connectivity index (χ2n) is 2.73. The van der Waals surface area contributed by atoms with Crippen LogP contribution in [0.4, 0.5) is 0 Å². The van der Waals surface area contributed by atoms with Gasteiger partial charge in [0.2, 0.25) is 0 Å². The molecular formula is C9H8Cl2O2. The summed E-state index contributed by atoms with van der Waals surface area (Å²) in [6.45, 7) is 1.60. The quantitative estimate of drug-likeness (QED) is 0.829. The van der Waals surface area contributed by atoms with Crippen LogP contribution in [0.5, 0.6) is 0 Å². The van der Waals surface area contributed by atoms with Gasteiger partial charge in [-0.1, -0.05) is 29.3 Å². The first-order chi connectivity index (χ1) is 6.02. The Morgan fingerprint density at radius 2 is 2.00 bits per heavy atom. The van der Waals surface area contributed by atoms with Gasteiger partial charge in [-0.2, -0.15) is 0 Å². The van der Waals surface area contributed by atoms with Gasteiger partial charge in [0.05, 0.1) is 16.0 Å². The van der Waals surface area contributed by atoms with Crippen molar-refractivity contribution in [2.45, 2.75) is 12.8 Å². The third-order valence-electron chi connectivity index (χ3n) is 1.81. The van der Waals surface area contributed by atoms with Crippen LogP contribution < -0.4 is 0 Å². The number of carbonyl (C=O) groups is 1. The summed E-state index contributed by atoms with van der Waals surface area (Å²) in [5, 5.41) is 9.53. The molecule has 1 N–H and O–H groups in total. The summed E-state index contributed by atoms with van der Waals surface area (Å²) in [5.41, 5.74) is 0.655. The maximum Gasteiger partial charge on any atom is 0.310 e. The monoisotopic (exact) mass is 218 g/mol. The van der Waals surface area contributed by atoms with E-state index < -0.39 is 11.9 Å². The highest BCUT2D eigenvalue weighted by Gasteiger charge is 2.14. The Bertz CT molecular complexity index is 336. The molecule has 0 spiro atoms. The number of carboxylic acids is 1. The fourth-order valence-corrected chi connectivity index (χ4v) is 1.23. The van der Waals surface area contributed by atoms with E-state index in [1.807, 2.05) is 0 Å². The summed E-state index contributed by atoms with van der Waals surface area (Å²) in [7, 11) is 0. The minimum Gasteiger partial charge on any atom is -0.481 e. The molecule has 0 saturated carbocycles. The van der Waals surface area contributed by atoms with Crippen LogP contribution in [-0.2, 0) is 4.79 Å². The molecular weight excluding hydrogens is 211 g/mol. The third kappa shape index (κ3) is 2.36. The van der Waals surface area contributed by atoms with Gasteiger partial charge >= 0.3 is 5.97 Å². The van der Waals surface area contributed by atoms with Crippen molar-refractivity contribution in [3.63, 3.8) is 0 Å². The summed E-state index contributed by atoms with van der Waals surface area (Å²) in [6.07, 6.45) is 0. The van der Waals surface area contributed by atoms with Gasteiger partial charge in [-0.05, 0) is 24.6 Å². The van der Waals surface area contributed by atoms with Crippen LogP contribution in [0.3, 0.4) is 0 Å². The second-order valence-corrected chi connectivity index (χ2v) is 3.55. The molecule has 0 bridgehead atoms. The highest BCUT2D eigenvalue weighted by atomic mass is 35.5. The molecule has 4 heteroatoms. The van der Waals surface area contributed by atoms with Crippen LogP contribution in [0.2, 0.25) is 10.0 Å². The van der Waals surface area contributed by atoms with Crippen molar-refractivity contribution < 1.29 is 9.90 Å². The van der Waals surface area contributed by atoms with E-state index in [0.717, 1.165) is 0 Å². The van der Waals surface area contributed by atoms with E-state index in [-0.39, 0.29) is 0 Å². The molecule has 0 radical (unpaired) electrons. The average molecular weight is 219 g/mol. The van der Waals surface area contributed by atoms with Gasteiger partial charge in [-0.15, -0.1) is 0 Å². The van der Waals surface area contributed by atoms with Crippen molar-refractivity contribution in [3.8, 4) is 0 Å². The van der Waals surface area contributed by atoms with E-state index in [1.54, 1.807) is 25.1 Å². The van der Waals surface area contributed by atoms with Crippen LogP contribution in [0, 0.1) is 0 Å². The van der Waals surface area contributed by atoms with E-state index in [9.17, 15) is 4.79 Å². The Morgan fingerprint density at radius 1 is 1.38 bits per heavy atom. The molecule has 0 aliphatic heterocycles. The van der Waals surface area contributed by atoms with Gasteiger partial charge in [0.15, 0.2) is 0 Å². The zero-order chi connectivity index (χ0) is 10.0. The summed E-state index contributed by atoms with van der Waals surface area (Å²) in [4.78, 5) is 10.6. The van der Waals surface area contributed by atoms with Crippen LogP contribution in [-0.4, -0.2) is 11.1 Å².